The summed E-state index contributed by atoms with van der Waals surface area (Å²) in [5.74, 6) is 0.590. The van der Waals surface area contributed by atoms with Gasteiger partial charge in [-0.2, -0.15) is 11.3 Å². The number of carbonyl (C=O) groups excluding carboxylic acids is 1. The predicted molar refractivity (Wildman–Crippen MR) is 86.7 cm³/mol. The molecule has 0 fully saturated rings. The molecule has 2 amide bonds. The van der Waals surface area contributed by atoms with Gasteiger partial charge in [-0.15, -0.1) is 0 Å². The zero-order valence-electron chi connectivity index (χ0n) is 12.5. The van der Waals surface area contributed by atoms with Crippen molar-refractivity contribution in [1.82, 2.24) is 15.2 Å². The fourth-order valence-electron chi connectivity index (χ4n) is 2.02. The van der Waals surface area contributed by atoms with Gasteiger partial charge in [0, 0.05) is 12.7 Å². The average molecular weight is 304 g/mol. The van der Waals surface area contributed by atoms with E-state index in [1.165, 1.54) is 5.56 Å². The van der Waals surface area contributed by atoms with Gasteiger partial charge >= 0.3 is 6.03 Å². The first-order valence-corrected chi connectivity index (χ1v) is 7.67. The van der Waals surface area contributed by atoms with Crippen molar-refractivity contribution in [3.05, 3.63) is 46.3 Å². The number of rotatable bonds is 5. The van der Waals surface area contributed by atoms with Crippen molar-refractivity contribution in [1.29, 1.82) is 0 Å². The summed E-state index contributed by atoms with van der Waals surface area (Å²) in [6.45, 7) is 2.46. The molecule has 0 aromatic carbocycles. The van der Waals surface area contributed by atoms with Crippen molar-refractivity contribution in [3.8, 4) is 0 Å². The van der Waals surface area contributed by atoms with Crippen LogP contribution < -0.4 is 10.6 Å². The lowest BCUT2D eigenvalue weighted by atomic mass is 10.1. The van der Waals surface area contributed by atoms with Crippen molar-refractivity contribution < 1.29 is 4.79 Å². The number of thiophene rings is 1. The third kappa shape index (κ3) is 4.27. The molecule has 0 saturated carbocycles. The molecule has 0 spiro atoms. The van der Waals surface area contributed by atoms with Crippen molar-refractivity contribution in [2.75, 3.05) is 26.0 Å². The lowest BCUT2D eigenvalue weighted by Crippen LogP contribution is -2.37. The molecular weight excluding hydrogens is 284 g/mol. The van der Waals surface area contributed by atoms with Crippen LogP contribution in [0.15, 0.2) is 35.2 Å². The lowest BCUT2D eigenvalue weighted by Gasteiger charge is -2.24. The smallest absolute Gasteiger partial charge is 0.320 e. The Morgan fingerprint density at radius 1 is 1.43 bits per heavy atom. The van der Waals surface area contributed by atoms with Gasteiger partial charge in [0.2, 0.25) is 0 Å². The highest BCUT2D eigenvalue weighted by molar-refractivity contribution is 7.07. The Kier molecular flexibility index (Phi) is 5.30. The van der Waals surface area contributed by atoms with Gasteiger partial charge in [0.1, 0.15) is 5.82 Å². The number of hydrogen-bond acceptors (Lipinski definition) is 4. The second kappa shape index (κ2) is 7.19. The zero-order valence-corrected chi connectivity index (χ0v) is 13.3. The van der Waals surface area contributed by atoms with E-state index < -0.39 is 0 Å². The second-order valence-corrected chi connectivity index (χ2v) is 5.82. The summed E-state index contributed by atoms with van der Waals surface area (Å²) in [5, 5.41) is 9.82. The monoisotopic (exact) mass is 304 g/mol. The first kappa shape index (κ1) is 15.5. The topological polar surface area (TPSA) is 57.3 Å². The van der Waals surface area contributed by atoms with Crippen LogP contribution in [-0.4, -0.2) is 36.6 Å². The van der Waals surface area contributed by atoms with Gasteiger partial charge in [-0.1, -0.05) is 6.07 Å². The van der Waals surface area contributed by atoms with Crippen LogP contribution in [0.5, 0.6) is 0 Å². The molecule has 21 heavy (non-hydrogen) atoms. The van der Waals surface area contributed by atoms with Crippen molar-refractivity contribution >= 4 is 23.2 Å². The molecule has 112 valence electrons. The fraction of sp³-hybridized carbons (Fsp3) is 0.333. The van der Waals surface area contributed by atoms with Gasteiger partial charge in [0.15, 0.2) is 0 Å². The minimum absolute atomic E-state index is 0.159. The third-order valence-electron chi connectivity index (χ3n) is 3.25. The summed E-state index contributed by atoms with van der Waals surface area (Å²) in [6, 6.07) is 5.76. The van der Waals surface area contributed by atoms with Crippen LogP contribution in [-0.2, 0) is 0 Å². The molecule has 2 heterocycles. The van der Waals surface area contributed by atoms with E-state index in [1.54, 1.807) is 17.5 Å². The standard InChI is InChI=1S/C15H20N4OS/c1-11-5-4-7-16-14(11)18-15(20)17-9-13(19(2)3)12-6-8-21-10-12/h4-8,10,13H,9H2,1-3H3,(H2,16,17,18,20). The first-order valence-electron chi connectivity index (χ1n) is 6.73. The van der Waals surface area contributed by atoms with Crippen LogP contribution >= 0.6 is 11.3 Å². The Balaban J connectivity index is 1.92. The van der Waals surface area contributed by atoms with E-state index in [2.05, 4.69) is 32.0 Å². The van der Waals surface area contributed by atoms with Crippen molar-refractivity contribution in [2.45, 2.75) is 13.0 Å². The van der Waals surface area contributed by atoms with Gasteiger partial charge in [0.25, 0.3) is 0 Å². The maximum atomic E-state index is 12.0. The summed E-state index contributed by atoms with van der Waals surface area (Å²) >= 11 is 1.66. The number of pyridine rings is 1. The minimum Gasteiger partial charge on any atom is -0.336 e. The average Bonchev–Trinajstić information content (AvgIpc) is 2.95. The van der Waals surface area contributed by atoms with Gasteiger partial charge in [-0.3, -0.25) is 5.32 Å². The largest absolute Gasteiger partial charge is 0.336 e. The van der Waals surface area contributed by atoms with E-state index in [4.69, 9.17) is 0 Å². The number of likely N-dealkylation sites (N-methyl/N-ethyl adjacent to an activating group) is 1. The highest BCUT2D eigenvalue weighted by Gasteiger charge is 2.15. The molecule has 2 N–H and O–H groups in total. The van der Waals surface area contributed by atoms with Crippen LogP contribution in [0.4, 0.5) is 10.6 Å². The summed E-state index contributed by atoms with van der Waals surface area (Å²) in [4.78, 5) is 18.2. The minimum atomic E-state index is -0.237. The highest BCUT2D eigenvalue weighted by atomic mass is 32.1. The maximum absolute atomic E-state index is 12.0. The van der Waals surface area contributed by atoms with Crippen LogP contribution in [0.25, 0.3) is 0 Å². The Bertz CT molecular complexity index is 583. The Hall–Kier alpha value is -1.92. The number of anilines is 1. The number of amides is 2. The Morgan fingerprint density at radius 2 is 2.24 bits per heavy atom. The van der Waals surface area contributed by atoms with E-state index in [1.807, 2.05) is 38.5 Å². The number of aryl methyl sites for hydroxylation is 1. The quantitative estimate of drug-likeness (QED) is 0.893. The molecule has 2 rings (SSSR count). The van der Waals surface area contributed by atoms with Crippen LogP contribution in [0.3, 0.4) is 0 Å². The molecule has 0 aliphatic rings. The number of carbonyl (C=O) groups is 1. The van der Waals surface area contributed by atoms with Crippen LogP contribution in [0.2, 0.25) is 0 Å². The molecule has 1 unspecified atom stereocenters. The highest BCUT2D eigenvalue weighted by Crippen LogP contribution is 2.20. The summed E-state index contributed by atoms with van der Waals surface area (Å²) in [5.41, 5.74) is 2.15. The number of urea groups is 1. The fourth-order valence-corrected chi connectivity index (χ4v) is 2.73. The summed E-state index contributed by atoms with van der Waals surface area (Å²) in [7, 11) is 4.01. The number of nitrogens with zero attached hydrogens (tertiary/aromatic N) is 2. The normalized spacial score (nSPS) is 12.2. The first-order chi connectivity index (χ1) is 10.1. The number of hydrogen-bond donors (Lipinski definition) is 2. The van der Waals surface area contributed by atoms with Crippen LogP contribution in [0, 0.1) is 6.92 Å². The van der Waals surface area contributed by atoms with E-state index >= 15 is 0 Å². The predicted octanol–water partition coefficient (Wildman–Crippen LogP) is 2.88. The second-order valence-electron chi connectivity index (χ2n) is 5.04. The third-order valence-corrected chi connectivity index (χ3v) is 3.95. The molecule has 0 aliphatic heterocycles. The molecule has 0 bridgehead atoms. The lowest BCUT2D eigenvalue weighted by molar-refractivity contribution is 0.243. The van der Waals surface area contributed by atoms with Gasteiger partial charge in [-0.25, -0.2) is 9.78 Å². The van der Waals surface area contributed by atoms with E-state index in [9.17, 15) is 4.79 Å². The maximum Gasteiger partial charge on any atom is 0.320 e. The molecule has 1 atom stereocenters. The van der Waals surface area contributed by atoms with E-state index in [0.717, 1.165) is 5.56 Å². The summed E-state index contributed by atoms with van der Waals surface area (Å²) in [6.07, 6.45) is 1.66. The molecule has 5 nitrogen and oxygen atoms in total. The van der Waals surface area contributed by atoms with Gasteiger partial charge in [0.05, 0.1) is 6.04 Å². The van der Waals surface area contributed by atoms with Gasteiger partial charge in [-0.05, 0) is 55.0 Å². The van der Waals surface area contributed by atoms with Crippen molar-refractivity contribution in [2.24, 2.45) is 0 Å². The molecule has 0 aliphatic carbocycles. The molecule has 2 aromatic rings. The number of aromatic nitrogens is 1. The van der Waals surface area contributed by atoms with E-state index in [-0.39, 0.29) is 12.1 Å². The number of nitrogens with one attached hydrogen (secondary N) is 2. The molecule has 0 radical (unpaired) electrons. The SMILES string of the molecule is Cc1cccnc1NC(=O)NCC(c1ccsc1)N(C)C. The van der Waals surface area contributed by atoms with E-state index in [0.29, 0.717) is 12.4 Å². The van der Waals surface area contributed by atoms with Crippen molar-refractivity contribution in [3.63, 3.8) is 0 Å². The Labute approximate surface area is 129 Å². The zero-order chi connectivity index (χ0) is 15.2. The molecular formula is C15H20N4OS. The molecule has 0 saturated heterocycles. The summed E-state index contributed by atoms with van der Waals surface area (Å²) < 4.78 is 0. The van der Waals surface area contributed by atoms with Gasteiger partial charge < -0.3 is 10.2 Å². The molecule has 6 heteroatoms. The molecule has 2 aromatic heterocycles. The Morgan fingerprint density at radius 3 is 2.86 bits per heavy atom. The van der Waals surface area contributed by atoms with Crippen LogP contribution in [0.1, 0.15) is 17.2 Å².